The Kier molecular flexibility index (Phi) is 2.25. The lowest BCUT2D eigenvalue weighted by atomic mass is 10.3. The number of nitrogens with one attached hydrogen (secondary N) is 1. The van der Waals surface area contributed by atoms with Crippen LogP contribution in [-0.4, -0.2) is 22.4 Å². The van der Waals surface area contributed by atoms with E-state index < -0.39 is 0 Å². The topological polar surface area (TPSA) is 46.9 Å². The van der Waals surface area contributed by atoms with Crippen molar-refractivity contribution in [2.45, 2.75) is 13.0 Å². The maximum absolute atomic E-state index is 11.2. The summed E-state index contributed by atoms with van der Waals surface area (Å²) in [6, 6.07) is 3.96. The van der Waals surface area contributed by atoms with E-state index in [1.54, 1.807) is 11.3 Å². The lowest BCUT2D eigenvalue weighted by Crippen LogP contribution is -2.18. The van der Waals surface area contributed by atoms with Crippen molar-refractivity contribution in [2.24, 2.45) is 0 Å². The molecule has 2 aromatic rings. The summed E-state index contributed by atoms with van der Waals surface area (Å²) in [6.45, 7) is 1.80. The first-order valence-corrected chi connectivity index (χ1v) is 6.11. The Morgan fingerprint density at radius 1 is 1.56 bits per heavy atom. The van der Waals surface area contributed by atoms with Gasteiger partial charge in [-0.2, -0.15) is 0 Å². The molecule has 3 rings (SSSR count). The molecule has 16 heavy (non-hydrogen) atoms. The highest BCUT2D eigenvalue weighted by Crippen LogP contribution is 2.30. The van der Waals surface area contributed by atoms with E-state index in [2.05, 4.69) is 10.3 Å². The summed E-state index contributed by atoms with van der Waals surface area (Å²) < 4.78 is 1.96. The summed E-state index contributed by atoms with van der Waals surface area (Å²) in [5.41, 5.74) is 1.49. The average molecular weight is 233 g/mol. The number of imidazole rings is 1. The van der Waals surface area contributed by atoms with Crippen LogP contribution in [0.1, 0.15) is 16.9 Å². The molecule has 0 aromatic carbocycles. The van der Waals surface area contributed by atoms with Crippen molar-refractivity contribution in [3.05, 3.63) is 23.2 Å². The molecule has 0 amide bonds. The van der Waals surface area contributed by atoms with E-state index in [4.69, 9.17) is 0 Å². The monoisotopic (exact) mass is 233 g/mol. The van der Waals surface area contributed by atoms with E-state index in [0.29, 0.717) is 5.69 Å². The number of rotatable bonds is 2. The van der Waals surface area contributed by atoms with Crippen molar-refractivity contribution in [3.8, 4) is 10.6 Å². The Morgan fingerprint density at radius 2 is 2.50 bits per heavy atom. The molecule has 4 nitrogen and oxygen atoms in total. The molecular formula is C11H11N3OS. The summed E-state index contributed by atoms with van der Waals surface area (Å²) >= 11 is 1.61. The van der Waals surface area contributed by atoms with Crippen LogP contribution in [0.2, 0.25) is 0 Å². The first kappa shape index (κ1) is 9.59. The van der Waals surface area contributed by atoms with Crippen molar-refractivity contribution in [1.29, 1.82) is 0 Å². The lowest BCUT2D eigenvalue weighted by Gasteiger charge is -2.15. The molecule has 0 aliphatic carbocycles. The van der Waals surface area contributed by atoms with E-state index in [9.17, 15) is 4.79 Å². The molecule has 0 bridgehead atoms. The number of nitrogens with zero attached hydrogens (tertiary/aromatic N) is 2. The van der Waals surface area contributed by atoms with Crippen LogP contribution in [0.4, 0.5) is 5.95 Å². The van der Waals surface area contributed by atoms with Crippen molar-refractivity contribution >= 4 is 23.6 Å². The Balaban J connectivity index is 2.18. The van der Waals surface area contributed by atoms with Gasteiger partial charge in [0.1, 0.15) is 11.4 Å². The number of aromatic nitrogens is 2. The number of hydrogen-bond acceptors (Lipinski definition) is 4. The van der Waals surface area contributed by atoms with Crippen LogP contribution in [-0.2, 0) is 6.54 Å². The lowest BCUT2D eigenvalue weighted by molar-refractivity contribution is 0.111. The molecular weight excluding hydrogens is 222 g/mol. The zero-order valence-electron chi connectivity index (χ0n) is 8.64. The molecule has 0 unspecified atom stereocenters. The summed E-state index contributed by atoms with van der Waals surface area (Å²) in [7, 11) is 0. The van der Waals surface area contributed by atoms with Gasteiger partial charge in [0.15, 0.2) is 6.29 Å². The highest BCUT2D eigenvalue weighted by Gasteiger charge is 2.20. The highest BCUT2D eigenvalue weighted by atomic mass is 32.1. The number of carbonyl (C=O) groups is 1. The van der Waals surface area contributed by atoms with Crippen LogP contribution < -0.4 is 5.32 Å². The number of anilines is 1. The van der Waals surface area contributed by atoms with Crippen molar-refractivity contribution in [1.82, 2.24) is 9.55 Å². The predicted molar refractivity (Wildman–Crippen MR) is 64.0 cm³/mol. The van der Waals surface area contributed by atoms with Gasteiger partial charge in [0.25, 0.3) is 0 Å². The van der Waals surface area contributed by atoms with Gasteiger partial charge in [-0.05, 0) is 17.9 Å². The number of aldehydes is 1. The molecule has 0 atom stereocenters. The minimum atomic E-state index is 0.685. The molecule has 0 saturated heterocycles. The smallest absolute Gasteiger partial charge is 0.204 e. The molecule has 1 aliphatic rings. The van der Waals surface area contributed by atoms with Gasteiger partial charge in [-0.1, -0.05) is 6.07 Å². The number of hydrogen-bond donors (Lipinski definition) is 1. The summed E-state index contributed by atoms with van der Waals surface area (Å²) in [4.78, 5) is 16.7. The second-order valence-electron chi connectivity index (χ2n) is 3.70. The summed E-state index contributed by atoms with van der Waals surface area (Å²) in [5.74, 6) is 0.816. The molecule has 3 heterocycles. The third-order valence-electron chi connectivity index (χ3n) is 2.71. The largest absolute Gasteiger partial charge is 0.356 e. The second kappa shape index (κ2) is 3.75. The third-order valence-corrected chi connectivity index (χ3v) is 3.59. The van der Waals surface area contributed by atoms with Gasteiger partial charge in [0.05, 0.1) is 4.88 Å². The Morgan fingerprint density at radius 3 is 3.25 bits per heavy atom. The highest BCUT2D eigenvalue weighted by molar-refractivity contribution is 7.13. The van der Waals surface area contributed by atoms with Gasteiger partial charge in [-0.15, -0.1) is 11.3 Å². The zero-order valence-corrected chi connectivity index (χ0v) is 9.46. The maximum Gasteiger partial charge on any atom is 0.204 e. The molecule has 1 N–H and O–H groups in total. The number of carbonyl (C=O) groups excluding carboxylic acids is 1. The van der Waals surface area contributed by atoms with E-state index in [1.807, 2.05) is 22.1 Å². The van der Waals surface area contributed by atoms with Gasteiger partial charge in [-0.3, -0.25) is 4.79 Å². The standard InChI is InChI=1S/C11H11N3OS/c15-7-8-10(9-3-1-6-16-9)13-11-12-4-2-5-14(8)11/h1,3,6-7H,2,4-5H2,(H,12,13). The molecule has 82 valence electrons. The van der Waals surface area contributed by atoms with Crippen molar-refractivity contribution in [3.63, 3.8) is 0 Å². The van der Waals surface area contributed by atoms with Gasteiger partial charge < -0.3 is 9.88 Å². The normalized spacial score (nSPS) is 14.2. The fourth-order valence-electron chi connectivity index (χ4n) is 1.98. The van der Waals surface area contributed by atoms with E-state index >= 15 is 0 Å². The zero-order chi connectivity index (χ0) is 11.0. The molecule has 0 spiro atoms. The molecule has 0 saturated carbocycles. The Labute approximate surface area is 96.9 Å². The van der Waals surface area contributed by atoms with Gasteiger partial charge in [0.2, 0.25) is 5.95 Å². The fourth-order valence-corrected chi connectivity index (χ4v) is 2.70. The number of fused-ring (bicyclic) bond motifs is 1. The van der Waals surface area contributed by atoms with Gasteiger partial charge >= 0.3 is 0 Å². The minimum absolute atomic E-state index is 0.685. The van der Waals surface area contributed by atoms with Crippen LogP contribution in [0.3, 0.4) is 0 Å². The molecule has 0 fully saturated rings. The predicted octanol–water partition coefficient (Wildman–Crippen LogP) is 2.24. The second-order valence-corrected chi connectivity index (χ2v) is 4.64. The fraction of sp³-hybridized carbons (Fsp3) is 0.273. The quantitative estimate of drug-likeness (QED) is 0.809. The Hall–Kier alpha value is -1.62. The van der Waals surface area contributed by atoms with E-state index in [-0.39, 0.29) is 0 Å². The third kappa shape index (κ3) is 1.36. The van der Waals surface area contributed by atoms with Crippen LogP contribution >= 0.6 is 11.3 Å². The molecule has 0 radical (unpaired) electrons. The van der Waals surface area contributed by atoms with Crippen LogP contribution in [0.25, 0.3) is 10.6 Å². The van der Waals surface area contributed by atoms with Crippen LogP contribution in [0.15, 0.2) is 17.5 Å². The minimum Gasteiger partial charge on any atom is -0.356 e. The van der Waals surface area contributed by atoms with Gasteiger partial charge in [-0.25, -0.2) is 4.98 Å². The van der Waals surface area contributed by atoms with Crippen LogP contribution in [0.5, 0.6) is 0 Å². The van der Waals surface area contributed by atoms with Crippen LogP contribution in [0, 0.1) is 0 Å². The van der Waals surface area contributed by atoms with Gasteiger partial charge in [0, 0.05) is 13.1 Å². The SMILES string of the molecule is O=Cc1c(-c2cccs2)nc2n1CCCN2. The molecule has 2 aromatic heterocycles. The maximum atomic E-state index is 11.2. The van der Waals surface area contributed by atoms with E-state index in [0.717, 1.165) is 42.3 Å². The average Bonchev–Trinajstić information content (AvgIpc) is 2.95. The first-order chi connectivity index (χ1) is 7.90. The first-order valence-electron chi connectivity index (χ1n) is 5.23. The van der Waals surface area contributed by atoms with Crippen molar-refractivity contribution < 1.29 is 4.79 Å². The summed E-state index contributed by atoms with van der Waals surface area (Å²) in [5, 5.41) is 5.21. The van der Waals surface area contributed by atoms with Crippen molar-refractivity contribution in [2.75, 3.05) is 11.9 Å². The number of thiophene rings is 1. The van der Waals surface area contributed by atoms with E-state index in [1.165, 1.54) is 0 Å². The summed E-state index contributed by atoms with van der Waals surface area (Å²) in [6.07, 6.45) is 1.94. The molecule has 5 heteroatoms. The Bertz CT molecular complexity index is 516. The molecule has 1 aliphatic heterocycles.